The Kier molecular flexibility index (Phi) is 7.63. The summed E-state index contributed by atoms with van der Waals surface area (Å²) in [5, 5.41) is 25.6. The van der Waals surface area contributed by atoms with Crippen molar-refractivity contribution in [1.82, 2.24) is 15.5 Å². The lowest BCUT2D eigenvalue weighted by Crippen LogP contribution is -2.42. The van der Waals surface area contributed by atoms with Crippen LogP contribution in [0.2, 0.25) is 0 Å². The van der Waals surface area contributed by atoms with Crippen molar-refractivity contribution in [2.45, 2.75) is 32.7 Å². The zero-order chi connectivity index (χ0) is 23.3. The number of amides is 1. The molecule has 0 aliphatic carbocycles. The van der Waals surface area contributed by atoms with Crippen molar-refractivity contribution in [3.8, 4) is 0 Å². The molecular formula is C23H31FN6O2. The smallest absolute Gasteiger partial charge is 0.219 e. The van der Waals surface area contributed by atoms with Crippen molar-refractivity contribution >= 4 is 29.2 Å². The number of ether oxygens (including phenoxy) is 1. The molecule has 9 heteroatoms. The Morgan fingerprint density at radius 2 is 2.12 bits per heavy atom. The van der Waals surface area contributed by atoms with Crippen LogP contribution in [-0.2, 0) is 9.53 Å². The van der Waals surface area contributed by atoms with E-state index in [0.29, 0.717) is 49.4 Å². The summed E-state index contributed by atoms with van der Waals surface area (Å²) in [6, 6.07) is 4.81. The van der Waals surface area contributed by atoms with Crippen molar-refractivity contribution < 1.29 is 13.9 Å². The minimum Gasteiger partial charge on any atom is -0.391 e. The highest BCUT2D eigenvalue weighted by molar-refractivity contribution is 6.10. The molecule has 1 saturated heterocycles. The van der Waals surface area contributed by atoms with Gasteiger partial charge in [-0.1, -0.05) is 6.07 Å². The van der Waals surface area contributed by atoms with Gasteiger partial charge in [-0.05, 0) is 31.0 Å². The molecule has 1 unspecified atom stereocenters. The zero-order valence-electron chi connectivity index (χ0n) is 18.8. The van der Waals surface area contributed by atoms with Crippen molar-refractivity contribution in [2.24, 2.45) is 0 Å². The number of amidine groups is 1. The van der Waals surface area contributed by atoms with Crippen LogP contribution in [0.5, 0.6) is 0 Å². The number of rotatable bonds is 7. The molecule has 172 valence electrons. The third kappa shape index (κ3) is 5.34. The summed E-state index contributed by atoms with van der Waals surface area (Å²) < 4.78 is 20.3. The quantitative estimate of drug-likeness (QED) is 0.329. The van der Waals surface area contributed by atoms with Crippen LogP contribution in [0.1, 0.15) is 32.3 Å². The molecule has 2 aliphatic heterocycles. The Balaban J connectivity index is 1.84. The summed E-state index contributed by atoms with van der Waals surface area (Å²) in [7, 11) is 1.75. The SMILES string of the molecule is CN/C(C)=C(\C=N)c1ccc(NC(=N)C2=C(NC3CCOC3)CCN(C(C)=O)C2)c(F)c1. The van der Waals surface area contributed by atoms with Crippen LogP contribution < -0.4 is 16.0 Å². The predicted molar refractivity (Wildman–Crippen MR) is 124 cm³/mol. The Labute approximate surface area is 187 Å². The Morgan fingerprint density at radius 3 is 2.72 bits per heavy atom. The summed E-state index contributed by atoms with van der Waals surface area (Å²) in [6.07, 6.45) is 2.68. The molecule has 1 aromatic carbocycles. The molecule has 0 radical (unpaired) electrons. The van der Waals surface area contributed by atoms with E-state index in [1.165, 1.54) is 19.2 Å². The van der Waals surface area contributed by atoms with E-state index in [1.807, 2.05) is 6.92 Å². The summed E-state index contributed by atoms with van der Waals surface area (Å²) in [5.74, 6) is -0.521. The minimum atomic E-state index is -0.519. The first-order valence-corrected chi connectivity index (χ1v) is 10.7. The summed E-state index contributed by atoms with van der Waals surface area (Å²) in [6.45, 7) is 5.51. The van der Waals surface area contributed by atoms with Gasteiger partial charge in [0, 0.05) is 62.3 Å². The first-order valence-electron chi connectivity index (χ1n) is 10.7. The monoisotopic (exact) mass is 442 g/mol. The number of anilines is 1. The van der Waals surface area contributed by atoms with Gasteiger partial charge in [-0.15, -0.1) is 0 Å². The van der Waals surface area contributed by atoms with Gasteiger partial charge in [0.05, 0.1) is 24.9 Å². The molecule has 32 heavy (non-hydrogen) atoms. The molecule has 0 spiro atoms. The van der Waals surface area contributed by atoms with E-state index in [0.717, 1.165) is 17.8 Å². The number of allylic oxidation sites excluding steroid dienone is 2. The summed E-state index contributed by atoms with van der Waals surface area (Å²) >= 11 is 0. The third-order valence-electron chi connectivity index (χ3n) is 5.86. The van der Waals surface area contributed by atoms with E-state index in [9.17, 15) is 9.18 Å². The van der Waals surface area contributed by atoms with E-state index < -0.39 is 5.82 Å². The number of halogens is 1. The molecule has 8 nitrogen and oxygen atoms in total. The van der Waals surface area contributed by atoms with Gasteiger partial charge in [-0.3, -0.25) is 10.2 Å². The molecule has 1 atom stereocenters. The van der Waals surface area contributed by atoms with E-state index in [2.05, 4.69) is 16.0 Å². The van der Waals surface area contributed by atoms with Crippen molar-refractivity contribution in [2.75, 3.05) is 38.7 Å². The molecule has 3 rings (SSSR count). The number of hydrogen-bond donors (Lipinski definition) is 5. The van der Waals surface area contributed by atoms with Crippen molar-refractivity contribution in [3.05, 3.63) is 46.5 Å². The minimum absolute atomic E-state index is 0.0539. The Morgan fingerprint density at radius 1 is 1.34 bits per heavy atom. The highest BCUT2D eigenvalue weighted by Gasteiger charge is 2.26. The third-order valence-corrected chi connectivity index (χ3v) is 5.86. The Bertz CT molecular complexity index is 965. The van der Waals surface area contributed by atoms with Crippen LogP contribution in [0.25, 0.3) is 5.57 Å². The fraction of sp³-hybridized carbons (Fsp3) is 0.435. The summed E-state index contributed by atoms with van der Waals surface area (Å²) in [4.78, 5) is 13.6. The molecule has 1 amide bonds. The topological polar surface area (TPSA) is 113 Å². The van der Waals surface area contributed by atoms with Gasteiger partial charge >= 0.3 is 0 Å². The van der Waals surface area contributed by atoms with Gasteiger partial charge in [0.25, 0.3) is 0 Å². The number of carbonyl (C=O) groups excluding carboxylic acids is 1. The lowest BCUT2D eigenvalue weighted by molar-refractivity contribution is -0.128. The second-order valence-corrected chi connectivity index (χ2v) is 7.98. The second kappa shape index (κ2) is 10.4. The lowest BCUT2D eigenvalue weighted by atomic mass is 10.0. The molecule has 1 aromatic rings. The standard InChI is InChI=1S/C23H31FN6O2/c1-14(27-3)18(11-25)16-4-5-22(20(24)10-16)29-23(26)19-12-30(15(2)31)8-6-21(19)28-17-7-9-32-13-17/h4-5,10-11,17,25,27-28H,6-9,12-13H2,1-3H3,(H2,26,29)/b18-14+,25-11?. The first kappa shape index (κ1) is 23.5. The van der Waals surface area contributed by atoms with Gasteiger partial charge in [0.2, 0.25) is 5.91 Å². The lowest BCUT2D eigenvalue weighted by Gasteiger charge is -2.32. The Hall–Kier alpha value is -3.20. The molecule has 2 aliphatic rings. The summed E-state index contributed by atoms with van der Waals surface area (Å²) in [5.41, 5.74) is 3.63. The maximum absolute atomic E-state index is 14.9. The highest BCUT2D eigenvalue weighted by atomic mass is 19.1. The fourth-order valence-corrected chi connectivity index (χ4v) is 3.85. The zero-order valence-corrected chi connectivity index (χ0v) is 18.8. The maximum atomic E-state index is 14.9. The molecule has 0 aromatic heterocycles. The van der Waals surface area contributed by atoms with Crippen LogP contribution in [0.4, 0.5) is 10.1 Å². The van der Waals surface area contributed by atoms with E-state index in [4.69, 9.17) is 15.6 Å². The second-order valence-electron chi connectivity index (χ2n) is 7.98. The van der Waals surface area contributed by atoms with E-state index in [1.54, 1.807) is 24.1 Å². The van der Waals surface area contributed by atoms with E-state index >= 15 is 0 Å². The number of hydrogen-bond acceptors (Lipinski definition) is 6. The maximum Gasteiger partial charge on any atom is 0.219 e. The van der Waals surface area contributed by atoms with Crippen LogP contribution in [0, 0.1) is 16.6 Å². The van der Waals surface area contributed by atoms with Gasteiger partial charge in [0.15, 0.2) is 0 Å². The average Bonchev–Trinajstić information content (AvgIpc) is 3.29. The van der Waals surface area contributed by atoms with Crippen molar-refractivity contribution in [1.29, 1.82) is 10.8 Å². The number of nitrogens with one attached hydrogen (secondary N) is 5. The van der Waals surface area contributed by atoms with Gasteiger partial charge in [-0.2, -0.15) is 0 Å². The van der Waals surface area contributed by atoms with Crippen LogP contribution in [0.3, 0.4) is 0 Å². The predicted octanol–water partition coefficient (Wildman–Crippen LogP) is 2.70. The average molecular weight is 443 g/mol. The molecule has 0 saturated carbocycles. The molecule has 0 bridgehead atoms. The molecule has 1 fully saturated rings. The molecular weight excluding hydrogens is 411 g/mol. The van der Waals surface area contributed by atoms with Crippen LogP contribution in [0.15, 0.2) is 35.2 Å². The number of carbonyl (C=O) groups is 1. The van der Waals surface area contributed by atoms with Gasteiger partial charge < -0.3 is 31.0 Å². The molecule has 2 heterocycles. The van der Waals surface area contributed by atoms with Crippen LogP contribution in [-0.4, -0.2) is 62.3 Å². The molecule has 5 N–H and O–H groups in total. The normalized spacial score (nSPS) is 19.4. The fourth-order valence-electron chi connectivity index (χ4n) is 3.85. The van der Waals surface area contributed by atoms with E-state index in [-0.39, 0.29) is 23.5 Å². The number of benzene rings is 1. The van der Waals surface area contributed by atoms with Gasteiger partial charge in [0.1, 0.15) is 11.7 Å². The number of nitrogens with zero attached hydrogens (tertiary/aromatic N) is 1. The highest BCUT2D eigenvalue weighted by Crippen LogP contribution is 2.24. The van der Waals surface area contributed by atoms with Crippen molar-refractivity contribution in [3.63, 3.8) is 0 Å². The van der Waals surface area contributed by atoms with Crippen LogP contribution >= 0.6 is 0 Å². The first-order chi connectivity index (χ1) is 15.3. The largest absolute Gasteiger partial charge is 0.391 e. The van der Waals surface area contributed by atoms with Gasteiger partial charge in [-0.25, -0.2) is 4.39 Å².